The Bertz CT molecular complexity index is 504. The summed E-state index contributed by atoms with van der Waals surface area (Å²) < 4.78 is 4.58. The standard InChI is InChI=1S/C14H12O3/c1-11(15)5-3-4-6-12-7-9-13(10-8-12)14(16)17-2/h7-11,15H,1-2H3. The number of aliphatic hydroxyl groups excluding tert-OH is 1. The van der Waals surface area contributed by atoms with Crippen molar-refractivity contribution in [3.05, 3.63) is 35.4 Å². The first-order chi connectivity index (χ1) is 8.13. The summed E-state index contributed by atoms with van der Waals surface area (Å²) in [7, 11) is 1.34. The SMILES string of the molecule is COC(=O)c1ccc(C#CC#CC(C)O)cc1. The molecule has 17 heavy (non-hydrogen) atoms. The van der Waals surface area contributed by atoms with Gasteiger partial charge in [-0.05, 0) is 43.0 Å². The van der Waals surface area contributed by atoms with E-state index in [0.29, 0.717) is 5.56 Å². The van der Waals surface area contributed by atoms with Crippen molar-refractivity contribution in [1.82, 2.24) is 0 Å². The summed E-state index contributed by atoms with van der Waals surface area (Å²) in [5.41, 5.74) is 1.23. The second-order valence-electron chi connectivity index (χ2n) is 3.26. The Morgan fingerprint density at radius 3 is 2.47 bits per heavy atom. The molecule has 1 aromatic rings. The maximum Gasteiger partial charge on any atom is 0.337 e. The number of carbonyl (C=O) groups is 1. The largest absolute Gasteiger partial charge is 0.465 e. The van der Waals surface area contributed by atoms with Crippen molar-refractivity contribution in [2.75, 3.05) is 7.11 Å². The molecular formula is C14H12O3. The lowest BCUT2D eigenvalue weighted by atomic mass is 10.1. The summed E-state index contributed by atoms with van der Waals surface area (Å²) in [6.07, 6.45) is -0.675. The van der Waals surface area contributed by atoms with E-state index < -0.39 is 6.10 Å². The summed E-state index contributed by atoms with van der Waals surface area (Å²) in [5, 5.41) is 8.88. The van der Waals surface area contributed by atoms with E-state index in [2.05, 4.69) is 28.4 Å². The van der Waals surface area contributed by atoms with Gasteiger partial charge in [0, 0.05) is 5.56 Å². The molecule has 1 N–H and O–H groups in total. The number of hydrogen-bond donors (Lipinski definition) is 1. The van der Waals surface area contributed by atoms with Gasteiger partial charge in [-0.25, -0.2) is 4.79 Å². The second kappa shape index (κ2) is 6.37. The quantitative estimate of drug-likeness (QED) is 0.580. The van der Waals surface area contributed by atoms with E-state index in [9.17, 15) is 4.79 Å². The third-order valence-electron chi connectivity index (χ3n) is 1.86. The molecule has 0 heterocycles. The van der Waals surface area contributed by atoms with Gasteiger partial charge in [-0.15, -0.1) is 0 Å². The number of rotatable bonds is 1. The zero-order valence-electron chi connectivity index (χ0n) is 9.65. The van der Waals surface area contributed by atoms with Gasteiger partial charge in [0.05, 0.1) is 12.7 Å². The Morgan fingerprint density at radius 1 is 1.29 bits per heavy atom. The average Bonchev–Trinajstić information content (AvgIpc) is 2.34. The molecular weight excluding hydrogens is 216 g/mol. The van der Waals surface area contributed by atoms with Gasteiger partial charge in [0.15, 0.2) is 0 Å². The van der Waals surface area contributed by atoms with Crippen molar-refractivity contribution >= 4 is 5.97 Å². The van der Waals surface area contributed by atoms with Crippen LogP contribution >= 0.6 is 0 Å². The molecule has 3 heteroatoms. The molecule has 0 aliphatic heterocycles. The molecule has 0 saturated heterocycles. The minimum atomic E-state index is -0.675. The molecule has 0 aliphatic carbocycles. The van der Waals surface area contributed by atoms with E-state index in [0.717, 1.165) is 5.56 Å². The van der Waals surface area contributed by atoms with E-state index >= 15 is 0 Å². The monoisotopic (exact) mass is 228 g/mol. The number of esters is 1. The molecule has 1 unspecified atom stereocenters. The molecule has 0 fully saturated rings. The molecule has 0 amide bonds. The van der Waals surface area contributed by atoms with Gasteiger partial charge in [0.2, 0.25) is 0 Å². The van der Waals surface area contributed by atoms with Crippen LogP contribution in [0.2, 0.25) is 0 Å². The summed E-state index contributed by atoms with van der Waals surface area (Å²) in [6, 6.07) is 6.70. The first-order valence-corrected chi connectivity index (χ1v) is 5.01. The van der Waals surface area contributed by atoms with Crippen molar-refractivity contribution in [1.29, 1.82) is 0 Å². The molecule has 0 spiro atoms. The minimum Gasteiger partial charge on any atom is -0.465 e. The molecule has 0 aromatic heterocycles. The third-order valence-corrected chi connectivity index (χ3v) is 1.86. The summed E-state index contributed by atoms with van der Waals surface area (Å²) >= 11 is 0. The van der Waals surface area contributed by atoms with Crippen LogP contribution < -0.4 is 0 Å². The normalized spacial score (nSPS) is 10.3. The zero-order chi connectivity index (χ0) is 12.7. The maximum atomic E-state index is 11.2. The van der Waals surface area contributed by atoms with Crippen LogP contribution in [0.3, 0.4) is 0 Å². The molecule has 0 saturated carbocycles. The molecule has 1 atom stereocenters. The first-order valence-electron chi connectivity index (χ1n) is 5.01. The fraction of sp³-hybridized carbons (Fsp3) is 0.214. The number of carbonyl (C=O) groups excluding carboxylic acids is 1. The number of methoxy groups -OCH3 is 1. The highest BCUT2D eigenvalue weighted by Crippen LogP contribution is 2.04. The lowest BCUT2D eigenvalue weighted by Gasteiger charge is -1.97. The summed E-state index contributed by atoms with van der Waals surface area (Å²) in [6.45, 7) is 1.57. The maximum absolute atomic E-state index is 11.2. The fourth-order valence-electron chi connectivity index (χ4n) is 1.05. The van der Waals surface area contributed by atoms with Gasteiger partial charge in [-0.3, -0.25) is 0 Å². The molecule has 0 aliphatic rings. The van der Waals surface area contributed by atoms with Gasteiger partial charge >= 0.3 is 5.97 Å². The Labute approximate surface area is 100 Å². The van der Waals surface area contributed by atoms with Crippen LogP contribution in [0.4, 0.5) is 0 Å². The minimum absolute atomic E-state index is 0.376. The topological polar surface area (TPSA) is 46.5 Å². The first kappa shape index (κ1) is 12.8. The molecule has 1 aromatic carbocycles. The fourth-order valence-corrected chi connectivity index (χ4v) is 1.05. The van der Waals surface area contributed by atoms with Gasteiger partial charge < -0.3 is 9.84 Å². The van der Waals surface area contributed by atoms with Gasteiger partial charge in [-0.1, -0.05) is 11.8 Å². The van der Waals surface area contributed by atoms with Crippen LogP contribution in [0, 0.1) is 23.7 Å². The zero-order valence-corrected chi connectivity index (χ0v) is 9.65. The predicted octanol–water partition coefficient (Wildman–Crippen LogP) is 1.21. The number of hydrogen-bond acceptors (Lipinski definition) is 3. The number of aliphatic hydroxyl groups is 1. The predicted molar refractivity (Wildman–Crippen MR) is 64.1 cm³/mol. The molecule has 3 nitrogen and oxygen atoms in total. The Kier molecular flexibility index (Phi) is 4.81. The lowest BCUT2D eigenvalue weighted by Crippen LogP contribution is -2.00. The van der Waals surface area contributed by atoms with Gasteiger partial charge in [0.25, 0.3) is 0 Å². The molecule has 0 radical (unpaired) electrons. The van der Waals surface area contributed by atoms with Crippen LogP contribution in [0.15, 0.2) is 24.3 Å². The third kappa shape index (κ3) is 4.42. The van der Waals surface area contributed by atoms with Crippen molar-refractivity contribution in [3.63, 3.8) is 0 Å². The highest BCUT2D eigenvalue weighted by Gasteiger charge is 2.02. The van der Waals surface area contributed by atoms with E-state index in [1.807, 2.05) is 0 Å². The van der Waals surface area contributed by atoms with Crippen molar-refractivity contribution in [2.45, 2.75) is 13.0 Å². The molecule has 0 bridgehead atoms. The average molecular weight is 228 g/mol. The van der Waals surface area contributed by atoms with E-state index in [4.69, 9.17) is 5.11 Å². The van der Waals surface area contributed by atoms with E-state index in [1.54, 1.807) is 31.2 Å². The van der Waals surface area contributed by atoms with E-state index in [1.165, 1.54) is 7.11 Å². The summed E-state index contributed by atoms with van der Waals surface area (Å²) in [4.78, 5) is 11.2. The number of ether oxygens (including phenoxy) is 1. The Balaban J connectivity index is 2.76. The van der Waals surface area contributed by atoms with Crippen molar-refractivity contribution in [2.24, 2.45) is 0 Å². The second-order valence-corrected chi connectivity index (χ2v) is 3.26. The Morgan fingerprint density at radius 2 is 1.94 bits per heavy atom. The Hall–Kier alpha value is -2.23. The number of benzene rings is 1. The van der Waals surface area contributed by atoms with Crippen molar-refractivity contribution in [3.8, 4) is 23.7 Å². The van der Waals surface area contributed by atoms with Gasteiger partial charge in [0.1, 0.15) is 6.10 Å². The smallest absolute Gasteiger partial charge is 0.337 e. The van der Waals surface area contributed by atoms with Crippen LogP contribution in [0.25, 0.3) is 0 Å². The molecule has 1 rings (SSSR count). The molecule has 86 valence electrons. The summed E-state index contributed by atoms with van der Waals surface area (Å²) in [5.74, 6) is 10.1. The highest BCUT2D eigenvalue weighted by molar-refractivity contribution is 5.89. The lowest BCUT2D eigenvalue weighted by molar-refractivity contribution is 0.0600. The van der Waals surface area contributed by atoms with Crippen LogP contribution in [-0.2, 0) is 4.74 Å². The van der Waals surface area contributed by atoms with Crippen LogP contribution in [0.5, 0.6) is 0 Å². The highest BCUT2D eigenvalue weighted by atomic mass is 16.5. The van der Waals surface area contributed by atoms with Crippen LogP contribution in [0.1, 0.15) is 22.8 Å². The van der Waals surface area contributed by atoms with Crippen molar-refractivity contribution < 1.29 is 14.6 Å². The van der Waals surface area contributed by atoms with Crippen LogP contribution in [-0.4, -0.2) is 24.3 Å². The van der Waals surface area contributed by atoms with E-state index in [-0.39, 0.29) is 5.97 Å². The van der Waals surface area contributed by atoms with Gasteiger partial charge in [-0.2, -0.15) is 0 Å².